The number of hydrogen-bond donors (Lipinski definition) is 3. The third kappa shape index (κ3) is 8.74. The number of ether oxygens (including phenoxy) is 1. The summed E-state index contributed by atoms with van der Waals surface area (Å²) >= 11 is 0. The average molecular weight is 526 g/mol. The van der Waals surface area contributed by atoms with Gasteiger partial charge in [0.05, 0.1) is 25.5 Å². The minimum absolute atomic E-state index is 0. The molecule has 0 aliphatic heterocycles. The summed E-state index contributed by atoms with van der Waals surface area (Å²) in [5.74, 6) is 0.438. The van der Waals surface area contributed by atoms with Gasteiger partial charge in [0.25, 0.3) is 0 Å². The second-order valence-electron chi connectivity index (χ2n) is 6.18. The summed E-state index contributed by atoms with van der Waals surface area (Å²) in [6, 6.07) is 4.73. The van der Waals surface area contributed by atoms with Crippen LogP contribution < -0.4 is 10.6 Å². The second kappa shape index (κ2) is 12.2. The molecule has 7 nitrogen and oxygen atoms in total. The molecule has 0 radical (unpaired) electrons. The fourth-order valence-corrected chi connectivity index (χ4v) is 2.98. The molecule has 0 bridgehead atoms. The molecule has 1 heterocycles. The first-order chi connectivity index (χ1) is 12.9. The monoisotopic (exact) mass is 526 g/mol. The van der Waals surface area contributed by atoms with Crippen molar-refractivity contribution in [3.8, 4) is 0 Å². The minimum Gasteiger partial charge on any atom is -0.378 e. The number of aromatic amines is 1. The first-order valence-electron chi connectivity index (χ1n) is 8.92. The highest BCUT2D eigenvalue weighted by atomic mass is 127. The molecule has 0 amide bonds. The van der Waals surface area contributed by atoms with Crippen molar-refractivity contribution >= 4 is 50.7 Å². The van der Waals surface area contributed by atoms with E-state index in [-0.39, 0.29) is 42.2 Å². The van der Waals surface area contributed by atoms with Crippen molar-refractivity contribution < 1.29 is 17.5 Å². The van der Waals surface area contributed by atoms with Gasteiger partial charge in [0.2, 0.25) is 0 Å². The first-order valence-corrected chi connectivity index (χ1v) is 11.0. The molecule has 1 aromatic carbocycles. The maximum Gasteiger partial charge on any atom is 0.191 e. The molecule has 0 fully saturated rings. The van der Waals surface area contributed by atoms with Gasteiger partial charge in [0.15, 0.2) is 5.96 Å². The fourth-order valence-electron chi connectivity index (χ4n) is 2.56. The molecule has 0 unspecified atom stereocenters. The molecule has 0 aliphatic carbocycles. The summed E-state index contributed by atoms with van der Waals surface area (Å²) in [5.41, 5.74) is 1.90. The van der Waals surface area contributed by atoms with E-state index < -0.39 is 9.84 Å². The number of sulfone groups is 1. The zero-order valence-electron chi connectivity index (χ0n) is 16.1. The number of benzene rings is 1. The SMILES string of the molecule is CCNC(=NCCOCCS(C)(=O)=O)NCCc1c[nH]c2cc(F)ccc12.I. The highest BCUT2D eigenvalue weighted by molar-refractivity contribution is 14.0. The number of aromatic nitrogens is 1. The van der Waals surface area contributed by atoms with Gasteiger partial charge in [-0.2, -0.15) is 0 Å². The lowest BCUT2D eigenvalue weighted by molar-refractivity contribution is 0.157. The molecule has 3 N–H and O–H groups in total. The molecule has 2 rings (SSSR count). The molecule has 0 saturated heterocycles. The van der Waals surface area contributed by atoms with Gasteiger partial charge in [0, 0.05) is 36.4 Å². The third-order valence-electron chi connectivity index (χ3n) is 3.86. The summed E-state index contributed by atoms with van der Waals surface area (Å²) in [6.45, 7) is 4.36. The van der Waals surface area contributed by atoms with Crippen molar-refractivity contribution in [2.24, 2.45) is 4.99 Å². The largest absolute Gasteiger partial charge is 0.378 e. The molecule has 28 heavy (non-hydrogen) atoms. The van der Waals surface area contributed by atoms with Gasteiger partial charge < -0.3 is 20.4 Å². The van der Waals surface area contributed by atoms with E-state index >= 15 is 0 Å². The van der Waals surface area contributed by atoms with Crippen molar-refractivity contribution in [3.05, 3.63) is 35.8 Å². The second-order valence-corrected chi connectivity index (χ2v) is 8.44. The van der Waals surface area contributed by atoms with Crippen LogP contribution in [0.3, 0.4) is 0 Å². The molecular weight excluding hydrogens is 498 g/mol. The van der Waals surface area contributed by atoms with Gasteiger partial charge >= 0.3 is 0 Å². The Morgan fingerprint density at radius 1 is 1.29 bits per heavy atom. The molecule has 1 aromatic heterocycles. The number of rotatable bonds is 10. The Morgan fingerprint density at radius 3 is 2.79 bits per heavy atom. The van der Waals surface area contributed by atoms with Crippen molar-refractivity contribution in [2.45, 2.75) is 13.3 Å². The Kier molecular flexibility index (Phi) is 10.8. The number of hydrogen-bond acceptors (Lipinski definition) is 4. The van der Waals surface area contributed by atoms with Gasteiger partial charge in [-0.1, -0.05) is 0 Å². The van der Waals surface area contributed by atoms with E-state index in [1.54, 1.807) is 6.07 Å². The van der Waals surface area contributed by atoms with Gasteiger partial charge in [-0.3, -0.25) is 4.99 Å². The van der Waals surface area contributed by atoms with Crippen LogP contribution in [-0.2, 0) is 21.0 Å². The number of guanidine groups is 1. The Balaban J connectivity index is 0.00000392. The molecule has 2 aromatic rings. The van der Waals surface area contributed by atoms with E-state index in [0.717, 1.165) is 29.4 Å². The van der Waals surface area contributed by atoms with Gasteiger partial charge in [-0.15, -0.1) is 24.0 Å². The predicted octanol–water partition coefficient (Wildman–Crippen LogP) is 2.08. The van der Waals surface area contributed by atoms with E-state index in [1.807, 2.05) is 13.1 Å². The van der Waals surface area contributed by atoms with Crippen LogP contribution in [0.25, 0.3) is 10.9 Å². The fraction of sp³-hybridized carbons (Fsp3) is 0.500. The number of nitrogens with one attached hydrogen (secondary N) is 3. The Morgan fingerprint density at radius 2 is 2.07 bits per heavy atom. The predicted molar refractivity (Wildman–Crippen MR) is 122 cm³/mol. The average Bonchev–Trinajstić information content (AvgIpc) is 2.99. The van der Waals surface area contributed by atoms with Crippen LogP contribution in [0.2, 0.25) is 0 Å². The van der Waals surface area contributed by atoms with E-state index in [0.29, 0.717) is 25.7 Å². The van der Waals surface area contributed by atoms with Crippen molar-refractivity contribution in [3.63, 3.8) is 0 Å². The highest BCUT2D eigenvalue weighted by Gasteiger charge is 2.05. The lowest BCUT2D eigenvalue weighted by atomic mass is 10.1. The number of aliphatic imine (C=N–C) groups is 1. The van der Waals surface area contributed by atoms with E-state index in [1.165, 1.54) is 18.4 Å². The van der Waals surface area contributed by atoms with Crippen LogP contribution in [0.1, 0.15) is 12.5 Å². The van der Waals surface area contributed by atoms with Gasteiger partial charge in [-0.25, -0.2) is 12.8 Å². The summed E-state index contributed by atoms with van der Waals surface area (Å²) in [7, 11) is -3.00. The maximum absolute atomic E-state index is 13.2. The van der Waals surface area contributed by atoms with Crippen LogP contribution in [0.5, 0.6) is 0 Å². The van der Waals surface area contributed by atoms with Crippen molar-refractivity contribution in [1.82, 2.24) is 15.6 Å². The minimum atomic E-state index is -3.00. The highest BCUT2D eigenvalue weighted by Crippen LogP contribution is 2.19. The van der Waals surface area contributed by atoms with Crippen LogP contribution in [-0.4, -0.2) is 64.2 Å². The van der Waals surface area contributed by atoms with Crippen LogP contribution in [0.15, 0.2) is 29.4 Å². The number of nitrogens with zero attached hydrogens (tertiary/aromatic N) is 1. The Labute approximate surface area is 182 Å². The van der Waals surface area contributed by atoms with E-state index in [4.69, 9.17) is 4.74 Å². The summed E-state index contributed by atoms with van der Waals surface area (Å²) < 4.78 is 40.6. The normalized spacial score (nSPS) is 12.0. The van der Waals surface area contributed by atoms with E-state index in [9.17, 15) is 12.8 Å². The summed E-state index contributed by atoms with van der Waals surface area (Å²) in [4.78, 5) is 7.49. The van der Waals surface area contributed by atoms with Crippen LogP contribution >= 0.6 is 24.0 Å². The third-order valence-corrected chi connectivity index (χ3v) is 4.77. The number of fused-ring (bicyclic) bond motifs is 1. The van der Waals surface area contributed by atoms with Crippen molar-refractivity contribution in [1.29, 1.82) is 0 Å². The topological polar surface area (TPSA) is 95.6 Å². The molecular formula is C18H28FIN4O3S. The lowest BCUT2D eigenvalue weighted by Gasteiger charge is -2.11. The molecule has 0 spiro atoms. The maximum atomic E-state index is 13.2. The molecule has 0 saturated carbocycles. The summed E-state index contributed by atoms with van der Waals surface area (Å²) in [5, 5.41) is 7.42. The van der Waals surface area contributed by atoms with E-state index in [2.05, 4.69) is 20.6 Å². The van der Waals surface area contributed by atoms with Gasteiger partial charge in [-0.05, 0) is 37.1 Å². The van der Waals surface area contributed by atoms with Crippen molar-refractivity contribution in [2.75, 3.05) is 44.9 Å². The van der Waals surface area contributed by atoms with Crippen LogP contribution in [0.4, 0.5) is 4.39 Å². The quantitative estimate of drug-likeness (QED) is 0.191. The first kappa shape index (κ1) is 24.6. The van der Waals surface area contributed by atoms with Gasteiger partial charge in [0.1, 0.15) is 15.7 Å². The number of halogens is 2. The molecule has 0 atom stereocenters. The molecule has 158 valence electrons. The summed E-state index contributed by atoms with van der Waals surface area (Å²) in [6.07, 6.45) is 3.85. The zero-order chi connectivity index (χ0) is 19.7. The smallest absolute Gasteiger partial charge is 0.191 e. The zero-order valence-corrected chi connectivity index (χ0v) is 19.3. The Hall–Kier alpha value is -1.40. The Bertz CT molecular complexity index is 871. The molecule has 10 heteroatoms. The van der Waals surface area contributed by atoms with Crippen LogP contribution in [0, 0.1) is 5.82 Å². The molecule has 0 aliphatic rings. The number of H-pyrrole nitrogens is 1. The lowest BCUT2D eigenvalue weighted by Crippen LogP contribution is -2.38. The standard InChI is InChI=1S/C18H27FN4O3S.HI/c1-3-20-18(22-8-9-26-10-11-27(2,24)25)21-7-6-14-13-23-17-12-15(19)4-5-16(14)17;/h4-5,12-13,23H,3,6-11H2,1-2H3,(H2,20,21,22);1H.